The molecule has 6 heteroatoms. The van der Waals surface area contributed by atoms with E-state index in [0.29, 0.717) is 17.6 Å². The minimum atomic E-state index is -0.558. The van der Waals surface area contributed by atoms with E-state index in [4.69, 9.17) is 4.74 Å². The number of fused-ring (bicyclic) bond motifs is 3. The van der Waals surface area contributed by atoms with E-state index in [2.05, 4.69) is 6.08 Å². The van der Waals surface area contributed by atoms with Crippen LogP contribution in [0.3, 0.4) is 0 Å². The van der Waals surface area contributed by atoms with Crippen molar-refractivity contribution in [3.8, 4) is 11.1 Å². The standard InChI is InChI=1S/C28H25FN2O3/c1-17-8-12-19(13-9-17)23-24-21-6-4-5-7-22(21)31(16-18-10-14-20(29)15-11-18)25(24)27(32)30(2)26(23)28(33)34-3/h4,6,8-15H,5,7,16H2,1-3H3. The molecule has 0 N–H and O–H groups in total. The predicted octanol–water partition coefficient (Wildman–Crippen LogP) is 5.25. The van der Waals surface area contributed by atoms with Gasteiger partial charge in [-0.15, -0.1) is 0 Å². The monoisotopic (exact) mass is 456 g/mol. The molecule has 5 nitrogen and oxygen atoms in total. The van der Waals surface area contributed by atoms with Crippen LogP contribution in [-0.2, 0) is 24.8 Å². The zero-order chi connectivity index (χ0) is 24.0. The van der Waals surface area contributed by atoms with Crippen LogP contribution in [0.2, 0.25) is 0 Å². The first-order valence-electron chi connectivity index (χ1n) is 11.2. The summed E-state index contributed by atoms with van der Waals surface area (Å²) in [5.74, 6) is -0.858. The predicted molar refractivity (Wildman–Crippen MR) is 132 cm³/mol. The van der Waals surface area contributed by atoms with Crippen LogP contribution < -0.4 is 5.56 Å². The van der Waals surface area contributed by atoms with Gasteiger partial charge in [0.1, 0.15) is 17.0 Å². The average molecular weight is 457 g/mol. The van der Waals surface area contributed by atoms with Gasteiger partial charge in [-0.2, -0.15) is 0 Å². The fourth-order valence-corrected chi connectivity index (χ4v) is 4.86. The topological polar surface area (TPSA) is 53.2 Å². The zero-order valence-corrected chi connectivity index (χ0v) is 19.4. The van der Waals surface area contributed by atoms with E-state index in [1.807, 2.05) is 41.8 Å². The van der Waals surface area contributed by atoms with E-state index >= 15 is 0 Å². The highest BCUT2D eigenvalue weighted by molar-refractivity contribution is 6.10. The van der Waals surface area contributed by atoms with Gasteiger partial charge < -0.3 is 13.9 Å². The fourth-order valence-electron chi connectivity index (χ4n) is 4.86. The minimum Gasteiger partial charge on any atom is -0.464 e. The van der Waals surface area contributed by atoms with E-state index in [1.165, 1.54) is 23.8 Å². The van der Waals surface area contributed by atoms with Crippen molar-refractivity contribution in [2.24, 2.45) is 7.05 Å². The number of aryl methyl sites for hydroxylation is 1. The Morgan fingerprint density at radius 1 is 1.09 bits per heavy atom. The summed E-state index contributed by atoms with van der Waals surface area (Å²) in [6, 6.07) is 14.3. The molecule has 0 unspecified atom stereocenters. The number of hydrogen-bond donors (Lipinski definition) is 0. The van der Waals surface area contributed by atoms with Crippen molar-refractivity contribution in [3.63, 3.8) is 0 Å². The Hall–Kier alpha value is -3.93. The lowest BCUT2D eigenvalue weighted by Gasteiger charge is -2.16. The van der Waals surface area contributed by atoms with Crippen molar-refractivity contribution in [1.29, 1.82) is 0 Å². The van der Waals surface area contributed by atoms with Crippen LogP contribution in [0.1, 0.15) is 39.3 Å². The molecule has 1 aliphatic rings. The van der Waals surface area contributed by atoms with E-state index in [0.717, 1.165) is 46.2 Å². The number of rotatable bonds is 4. The SMILES string of the molecule is COC(=O)c1c(-c2ccc(C)cc2)c2c3c(n(Cc4ccc(F)cc4)c2c(=O)n1C)CCC=C3. The normalized spacial score (nSPS) is 12.7. The quantitative estimate of drug-likeness (QED) is 0.394. The lowest BCUT2D eigenvalue weighted by atomic mass is 9.94. The van der Waals surface area contributed by atoms with E-state index in [9.17, 15) is 14.0 Å². The van der Waals surface area contributed by atoms with Crippen LogP contribution >= 0.6 is 0 Å². The van der Waals surface area contributed by atoms with Crippen LogP contribution in [0.25, 0.3) is 28.1 Å². The summed E-state index contributed by atoms with van der Waals surface area (Å²) in [6.45, 7) is 2.44. The third-order valence-electron chi connectivity index (χ3n) is 6.55. The number of allylic oxidation sites excluding steroid dienone is 1. The molecule has 5 rings (SSSR count). The smallest absolute Gasteiger partial charge is 0.355 e. The molecular formula is C28H25FN2O3. The number of benzene rings is 2. The summed E-state index contributed by atoms with van der Waals surface area (Å²) in [4.78, 5) is 26.7. The molecule has 172 valence electrons. The second-order valence-electron chi connectivity index (χ2n) is 8.68. The van der Waals surface area contributed by atoms with Crippen molar-refractivity contribution in [2.45, 2.75) is 26.3 Å². The molecular weight excluding hydrogens is 431 g/mol. The molecule has 2 aromatic carbocycles. The molecule has 0 spiro atoms. The molecule has 0 radical (unpaired) electrons. The number of halogens is 1. The molecule has 0 fully saturated rings. The van der Waals surface area contributed by atoms with Gasteiger partial charge in [-0.3, -0.25) is 4.79 Å². The number of pyridine rings is 1. The van der Waals surface area contributed by atoms with E-state index in [-0.39, 0.29) is 17.1 Å². The van der Waals surface area contributed by atoms with Gasteiger partial charge in [0.05, 0.1) is 7.11 Å². The van der Waals surface area contributed by atoms with Crippen molar-refractivity contribution in [2.75, 3.05) is 7.11 Å². The summed E-state index contributed by atoms with van der Waals surface area (Å²) in [7, 11) is 2.93. The summed E-state index contributed by atoms with van der Waals surface area (Å²) < 4.78 is 22.0. The summed E-state index contributed by atoms with van der Waals surface area (Å²) in [5.41, 5.74) is 5.99. The Labute approximate surface area is 196 Å². The van der Waals surface area contributed by atoms with Gasteiger partial charge >= 0.3 is 5.97 Å². The highest BCUT2D eigenvalue weighted by atomic mass is 19.1. The third kappa shape index (κ3) is 3.46. The first kappa shape index (κ1) is 21.9. The average Bonchev–Trinajstić information content (AvgIpc) is 3.17. The molecule has 1 aliphatic carbocycles. The Morgan fingerprint density at radius 2 is 1.79 bits per heavy atom. The Bertz CT molecular complexity index is 1510. The van der Waals surface area contributed by atoms with Crippen molar-refractivity contribution in [1.82, 2.24) is 9.13 Å². The van der Waals surface area contributed by atoms with E-state index in [1.54, 1.807) is 19.2 Å². The first-order valence-corrected chi connectivity index (χ1v) is 11.2. The second kappa shape index (κ2) is 8.45. The number of carbonyl (C=O) groups is 1. The number of hydrogen-bond acceptors (Lipinski definition) is 3. The van der Waals surface area contributed by atoms with Crippen molar-refractivity contribution < 1.29 is 13.9 Å². The van der Waals surface area contributed by atoms with Crippen LogP contribution in [-0.4, -0.2) is 22.2 Å². The number of esters is 1. The Morgan fingerprint density at radius 3 is 2.47 bits per heavy atom. The summed E-state index contributed by atoms with van der Waals surface area (Å²) in [6.07, 6.45) is 5.77. The largest absolute Gasteiger partial charge is 0.464 e. The van der Waals surface area contributed by atoms with Gasteiger partial charge in [0.15, 0.2) is 0 Å². The maximum atomic E-state index is 13.7. The fraction of sp³-hybridized carbons (Fsp3) is 0.214. The lowest BCUT2D eigenvalue weighted by Crippen LogP contribution is -2.27. The Kier molecular flexibility index (Phi) is 5.44. The molecule has 0 saturated carbocycles. The first-order chi connectivity index (χ1) is 16.4. The molecule has 2 heterocycles. The number of methoxy groups -OCH3 is 1. The zero-order valence-electron chi connectivity index (χ0n) is 19.4. The summed E-state index contributed by atoms with van der Waals surface area (Å²) in [5, 5.41) is 0.750. The third-order valence-corrected chi connectivity index (χ3v) is 6.55. The molecule has 0 atom stereocenters. The van der Waals surface area contributed by atoms with Gasteiger partial charge in [0.2, 0.25) is 0 Å². The van der Waals surface area contributed by atoms with Crippen LogP contribution in [0.15, 0.2) is 59.4 Å². The van der Waals surface area contributed by atoms with Crippen molar-refractivity contribution in [3.05, 3.63) is 98.9 Å². The lowest BCUT2D eigenvalue weighted by molar-refractivity contribution is 0.0589. The molecule has 0 amide bonds. The van der Waals surface area contributed by atoms with Crippen LogP contribution in [0.4, 0.5) is 4.39 Å². The number of carbonyl (C=O) groups excluding carboxylic acids is 1. The molecule has 4 aromatic rings. The molecule has 2 aromatic heterocycles. The van der Waals surface area contributed by atoms with Gasteiger partial charge in [-0.05, 0) is 43.0 Å². The molecule has 0 aliphatic heterocycles. The second-order valence-corrected chi connectivity index (χ2v) is 8.68. The highest BCUT2D eigenvalue weighted by Crippen LogP contribution is 2.39. The Balaban J connectivity index is 1.92. The molecule has 34 heavy (non-hydrogen) atoms. The van der Waals surface area contributed by atoms with Gasteiger partial charge in [0, 0.05) is 35.8 Å². The summed E-state index contributed by atoms with van der Waals surface area (Å²) >= 11 is 0. The maximum Gasteiger partial charge on any atom is 0.355 e. The number of ether oxygens (including phenoxy) is 1. The van der Waals surface area contributed by atoms with E-state index < -0.39 is 5.97 Å². The molecule has 0 bridgehead atoms. The van der Waals surface area contributed by atoms with Crippen molar-refractivity contribution >= 4 is 22.9 Å². The highest BCUT2D eigenvalue weighted by Gasteiger charge is 2.29. The van der Waals surface area contributed by atoms with Gasteiger partial charge in [-0.25, -0.2) is 9.18 Å². The van der Waals surface area contributed by atoms with Crippen LogP contribution in [0, 0.1) is 12.7 Å². The number of aromatic nitrogens is 2. The maximum absolute atomic E-state index is 13.7. The minimum absolute atomic E-state index is 0.226. The van der Waals surface area contributed by atoms with Gasteiger partial charge in [0.25, 0.3) is 5.56 Å². The van der Waals surface area contributed by atoms with Crippen LogP contribution in [0.5, 0.6) is 0 Å². The van der Waals surface area contributed by atoms with Gasteiger partial charge in [-0.1, -0.05) is 54.1 Å². The number of nitrogens with zero attached hydrogens (tertiary/aromatic N) is 2. The molecule has 0 saturated heterocycles.